The molecule has 1 aliphatic heterocycles. The van der Waals surface area contributed by atoms with Gasteiger partial charge in [-0.2, -0.15) is 0 Å². The number of likely N-dealkylation sites (tertiary alicyclic amines) is 1. The van der Waals surface area contributed by atoms with Gasteiger partial charge in [-0.05, 0) is 18.4 Å². The number of nitrogens with zero attached hydrogens (tertiary/aromatic N) is 1. The SMILES string of the molecule is CC(C)(C)C(=O)N1CCC[C@@H](c2ccccc2)C1. The van der Waals surface area contributed by atoms with Crippen molar-refractivity contribution in [1.82, 2.24) is 4.90 Å². The smallest absolute Gasteiger partial charge is 0.227 e. The highest BCUT2D eigenvalue weighted by Crippen LogP contribution is 2.29. The lowest BCUT2D eigenvalue weighted by Gasteiger charge is -2.36. The molecular weight excluding hydrogens is 222 g/mol. The number of benzene rings is 1. The summed E-state index contributed by atoms with van der Waals surface area (Å²) in [4.78, 5) is 14.4. The van der Waals surface area contributed by atoms with Gasteiger partial charge in [-0.15, -0.1) is 0 Å². The Bertz CT molecular complexity index is 405. The van der Waals surface area contributed by atoms with Crippen LogP contribution in [-0.4, -0.2) is 23.9 Å². The van der Waals surface area contributed by atoms with Crippen molar-refractivity contribution in [1.29, 1.82) is 0 Å². The van der Waals surface area contributed by atoms with Crippen LogP contribution in [0.25, 0.3) is 0 Å². The fraction of sp³-hybridized carbons (Fsp3) is 0.562. The number of hydrogen-bond donors (Lipinski definition) is 0. The molecule has 1 atom stereocenters. The van der Waals surface area contributed by atoms with Crippen molar-refractivity contribution in [2.75, 3.05) is 13.1 Å². The van der Waals surface area contributed by atoms with Crippen LogP contribution in [0, 0.1) is 5.41 Å². The highest BCUT2D eigenvalue weighted by molar-refractivity contribution is 5.81. The molecule has 1 aliphatic rings. The van der Waals surface area contributed by atoms with Crippen molar-refractivity contribution in [2.45, 2.75) is 39.5 Å². The van der Waals surface area contributed by atoms with Crippen LogP contribution in [0.2, 0.25) is 0 Å². The second-order valence-electron chi connectivity index (χ2n) is 6.25. The molecule has 0 N–H and O–H groups in total. The first-order valence-electron chi connectivity index (χ1n) is 6.83. The normalized spacial score (nSPS) is 20.8. The summed E-state index contributed by atoms with van der Waals surface area (Å²) in [5.74, 6) is 0.786. The monoisotopic (exact) mass is 245 g/mol. The second kappa shape index (κ2) is 5.13. The van der Waals surface area contributed by atoms with E-state index in [1.807, 2.05) is 31.7 Å². The van der Waals surface area contributed by atoms with Crippen LogP contribution in [0.4, 0.5) is 0 Å². The van der Waals surface area contributed by atoms with Gasteiger partial charge in [0, 0.05) is 24.4 Å². The molecule has 2 nitrogen and oxygen atoms in total. The Labute approximate surface area is 110 Å². The molecule has 0 aromatic heterocycles. The molecule has 0 bridgehead atoms. The number of carbonyl (C=O) groups is 1. The predicted molar refractivity (Wildman–Crippen MR) is 74.5 cm³/mol. The Morgan fingerprint density at radius 1 is 1.22 bits per heavy atom. The van der Waals surface area contributed by atoms with Crippen molar-refractivity contribution in [3.8, 4) is 0 Å². The van der Waals surface area contributed by atoms with E-state index >= 15 is 0 Å². The Morgan fingerprint density at radius 2 is 1.89 bits per heavy atom. The van der Waals surface area contributed by atoms with Crippen LogP contribution in [0.15, 0.2) is 30.3 Å². The van der Waals surface area contributed by atoms with E-state index in [9.17, 15) is 4.79 Å². The molecule has 2 rings (SSSR count). The minimum atomic E-state index is -0.265. The molecular formula is C16H23NO. The molecule has 1 amide bonds. The Kier molecular flexibility index (Phi) is 3.74. The van der Waals surface area contributed by atoms with Gasteiger partial charge in [0.15, 0.2) is 0 Å². The highest BCUT2D eigenvalue weighted by atomic mass is 16.2. The minimum Gasteiger partial charge on any atom is -0.342 e. The summed E-state index contributed by atoms with van der Waals surface area (Å²) in [7, 11) is 0. The minimum absolute atomic E-state index is 0.265. The zero-order valence-electron chi connectivity index (χ0n) is 11.6. The first kappa shape index (κ1) is 13.1. The predicted octanol–water partition coefficient (Wildman–Crippen LogP) is 3.44. The lowest BCUT2D eigenvalue weighted by atomic mass is 9.88. The van der Waals surface area contributed by atoms with Crippen molar-refractivity contribution in [2.24, 2.45) is 5.41 Å². The number of carbonyl (C=O) groups excluding carboxylic acids is 1. The summed E-state index contributed by atoms with van der Waals surface area (Å²) in [6, 6.07) is 10.6. The van der Waals surface area contributed by atoms with Crippen molar-refractivity contribution in [3.63, 3.8) is 0 Å². The maximum atomic E-state index is 12.3. The van der Waals surface area contributed by atoms with Gasteiger partial charge < -0.3 is 4.90 Å². The Morgan fingerprint density at radius 3 is 2.50 bits per heavy atom. The van der Waals surface area contributed by atoms with Gasteiger partial charge in [-0.25, -0.2) is 0 Å². The van der Waals surface area contributed by atoms with Crippen LogP contribution < -0.4 is 0 Å². The molecule has 18 heavy (non-hydrogen) atoms. The number of amides is 1. The Balaban J connectivity index is 2.08. The largest absolute Gasteiger partial charge is 0.342 e. The zero-order valence-corrected chi connectivity index (χ0v) is 11.6. The van der Waals surface area contributed by atoms with E-state index in [0.717, 1.165) is 19.5 Å². The topological polar surface area (TPSA) is 20.3 Å². The first-order valence-corrected chi connectivity index (χ1v) is 6.83. The Hall–Kier alpha value is -1.31. The molecule has 1 heterocycles. The standard InChI is InChI=1S/C16H23NO/c1-16(2,3)15(18)17-11-7-10-14(12-17)13-8-5-4-6-9-13/h4-6,8-9,14H,7,10-12H2,1-3H3/t14-/m1/s1. The van der Waals surface area contributed by atoms with E-state index in [0.29, 0.717) is 5.92 Å². The van der Waals surface area contributed by atoms with Crippen LogP contribution >= 0.6 is 0 Å². The summed E-state index contributed by atoms with van der Waals surface area (Å²) < 4.78 is 0. The van der Waals surface area contributed by atoms with Crippen LogP contribution in [-0.2, 0) is 4.79 Å². The molecule has 98 valence electrons. The summed E-state index contributed by atoms with van der Waals surface area (Å²) in [5, 5.41) is 0. The van der Waals surface area contributed by atoms with E-state index in [1.165, 1.54) is 12.0 Å². The van der Waals surface area contributed by atoms with E-state index in [1.54, 1.807) is 0 Å². The molecule has 0 radical (unpaired) electrons. The molecule has 1 aromatic carbocycles. The fourth-order valence-corrected chi connectivity index (χ4v) is 2.63. The zero-order chi connectivity index (χ0) is 13.2. The van der Waals surface area contributed by atoms with Gasteiger partial charge in [-0.1, -0.05) is 51.1 Å². The molecule has 2 heteroatoms. The second-order valence-corrected chi connectivity index (χ2v) is 6.25. The third-order valence-corrected chi connectivity index (χ3v) is 3.62. The number of rotatable bonds is 1. The lowest BCUT2D eigenvalue weighted by Crippen LogP contribution is -2.44. The average molecular weight is 245 g/mol. The molecule has 0 aliphatic carbocycles. The summed E-state index contributed by atoms with van der Waals surface area (Å²) in [6.45, 7) is 7.80. The van der Waals surface area contributed by atoms with Gasteiger partial charge in [-0.3, -0.25) is 4.79 Å². The highest BCUT2D eigenvalue weighted by Gasteiger charge is 2.31. The molecule has 0 spiro atoms. The molecule has 0 saturated carbocycles. The maximum absolute atomic E-state index is 12.3. The maximum Gasteiger partial charge on any atom is 0.227 e. The quantitative estimate of drug-likeness (QED) is 0.742. The van der Waals surface area contributed by atoms with Crippen LogP contribution in [0.3, 0.4) is 0 Å². The van der Waals surface area contributed by atoms with E-state index in [4.69, 9.17) is 0 Å². The number of hydrogen-bond acceptors (Lipinski definition) is 1. The van der Waals surface area contributed by atoms with Gasteiger partial charge >= 0.3 is 0 Å². The van der Waals surface area contributed by atoms with Gasteiger partial charge in [0.25, 0.3) is 0 Å². The van der Waals surface area contributed by atoms with Crippen molar-refractivity contribution in [3.05, 3.63) is 35.9 Å². The first-order chi connectivity index (χ1) is 8.48. The third kappa shape index (κ3) is 2.92. The fourth-order valence-electron chi connectivity index (χ4n) is 2.63. The van der Waals surface area contributed by atoms with Gasteiger partial charge in [0.2, 0.25) is 5.91 Å². The van der Waals surface area contributed by atoms with E-state index in [2.05, 4.69) is 24.3 Å². The number of piperidine rings is 1. The molecule has 0 unspecified atom stereocenters. The van der Waals surface area contributed by atoms with Crippen LogP contribution in [0.1, 0.15) is 45.1 Å². The third-order valence-electron chi connectivity index (χ3n) is 3.62. The van der Waals surface area contributed by atoms with E-state index in [-0.39, 0.29) is 11.3 Å². The summed E-state index contributed by atoms with van der Waals surface area (Å²) in [6.07, 6.45) is 2.30. The summed E-state index contributed by atoms with van der Waals surface area (Å²) >= 11 is 0. The van der Waals surface area contributed by atoms with Gasteiger partial charge in [0.05, 0.1) is 0 Å². The summed E-state index contributed by atoms with van der Waals surface area (Å²) in [5.41, 5.74) is 1.10. The molecule has 1 aromatic rings. The average Bonchev–Trinajstić information content (AvgIpc) is 2.38. The van der Waals surface area contributed by atoms with Crippen molar-refractivity contribution >= 4 is 5.91 Å². The lowest BCUT2D eigenvalue weighted by molar-refractivity contribution is -0.140. The molecule has 1 fully saturated rings. The van der Waals surface area contributed by atoms with Crippen molar-refractivity contribution < 1.29 is 4.79 Å². The molecule has 1 saturated heterocycles. The van der Waals surface area contributed by atoms with Crippen LogP contribution in [0.5, 0.6) is 0 Å². The van der Waals surface area contributed by atoms with E-state index < -0.39 is 0 Å². The van der Waals surface area contributed by atoms with Gasteiger partial charge in [0.1, 0.15) is 0 Å².